The smallest absolute Gasteiger partial charge is 0.316 e. The minimum Gasteiger partial charge on any atom is -0.316 e. The number of rotatable bonds is 1. The van der Waals surface area contributed by atoms with Crippen LogP contribution in [0.4, 0.5) is 17.6 Å². The molecule has 0 aliphatic heterocycles. The maximum Gasteiger partial charge on any atom is 0.407 e. The Morgan fingerprint density at radius 1 is 1.06 bits per heavy atom. The summed E-state index contributed by atoms with van der Waals surface area (Å²) in [6.07, 6.45) is -4.50. The third-order valence-corrected chi connectivity index (χ3v) is 2.56. The van der Waals surface area contributed by atoms with Crippen LogP contribution in [0.25, 0.3) is 10.8 Å². The molecule has 2 N–H and O–H groups in total. The van der Waals surface area contributed by atoms with Crippen molar-refractivity contribution in [3.8, 4) is 0 Å². The Kier molecular flexibility index (Phi) is 2.79. The number of alkyl halides is 3. The Balaban J connectivity index is 2.52. The van der Waals surface area contributed by atoms with Gasteiger partial charge >= 0.3 is 6.18 Å². The van der Waals surface area contributed by atoms with Crippen molar-refractivity contribution in [1.29, 1.82) is 0 Å². The lowest BCUT2D eigenvalue weighted by Gasteiger charge is -2.16. The van der Waals surface area contributed by atoms with Gasteiger partial charge in [0.2, 0.25) is 0 Å². The average molecular weight is 243 g/mol. The lowest BCUT2D eigenvalue weighted by molar-refractivity contribution is -0.149. The molecule has 0 radical (unpaired) electrons. The highest BCUT2D eigenvalue weighted by atomic mass is 19.4. The lowest BCUT2D eigenvalue weighted by Crippen LogP contribution is -2.28. The molecule has 90 valence electrons. The van der Waals surface area contributed by atoms with Crippen LogP contribution >= 0.6 is 0 Å². The molecular weight excluding hydrogens is 234 g/mol. The molecule has 0 saturated heterocycles. The van der Waals surface area contributed by atoms with Gasteiger partial charge in [-0.1, -0.05) is 24.3 Å². The first-order valence-corrected chi connectivity index (χ1v) is 4.90. The number of benzene rings is 2. The third-order valence-electron chi connectivity index (χ3n) is 2.56. The van der Waals surface area contributed by atoms with Crippen LogP contribution in [-0.4, -0.2) is 6.18 Å². The van der Waals surface area contributed by atoms with E-state index in [4.69, 9.17) is 5.73 Å². The molecule has 5 heteroatoms. The van der Waals surface area contributed by atoms with E-state index in [9.17, 15) is 17.6 Å². The third kappa shape index (κ3) is 2.24. The number of fused-ring (bicyclic) bond motifs is 1. The van der Waals surface area contributed by atoms with Gasteiger partial charge in [-0.15, -0.1) is 0 Å². The van der Waals surface area contributed by atoms with Crippen LogP contribution in [-0.2, 0) is 0 Å². The largest absolute Gasteiger partial charge is 0.407 e. The Bertz CT molecular complexity index is 548. The van der Waals surface area contributed by atoms with E-state index in [1.807, 2.05) is 0 Å². The predicted molar refractivity (Wildman–Crippen MR) is 56.9 cm³/mol. The minimum absolute atomic E-state index is 0.0735. The maximum absolute atomic E-state index is 13.3. The Labute approximate surface area is 94.8 Å². The second-order valence-electron chi connectivity index (χ2n) is 3.74. The average Bonchev–Trinajstić information content (AvgIpc) is 2.26. The zero-order valence-electron chi connectivity index (χ0n) is 8.63. The van der Waals surface area contributed by atoms with Gasteiger partial charge in [-0.2, -0.15) is 13.2 Å². The number of halogens is 4. The molecule has 17 heavy (non-hydrogen) atoms. The van der Waals surface area contributed by atoms with Gasteiger partial charge in [0.15, 0.2) is 0 Å². The molecule has 0 bridgehead atoms. The summed E-state index contributed by atoms with van der Waals surface area (Å²) in [5.74, 6) is -0.463. The van der Waals surface area contributed by atoms with E-state index in [1.165, 1.54) is 30.3 Å². The Hall–Kier alpha value is -1.62. The minimum atomic E-state index is -4.50. The van der Waals surface area contributed by atoms with Gasteiger partial charge in [0, 0.05) is 5.39 Å². The fourth-order valence-electron chi connectivity index (χ4n) is 1.65. The monoisotopic (exact) mass is 243 g/mol. The SMILES string of the molecule is N[C@@H](c1ccc2c(F)cccc2c1)C(F)(F)F. The molecular formula is C12H9F4N. The molecule has 2 aromatic carbocycles. The zero-order chi connectivity index (χ0) is 12.6. The van der Waals surface area contributed by atoms with Gasteiger partial charge in [-0.05, 0) is 23.1 Å². The van der Waals surface area contributed by atoms with E-state index < -0.39 is 18.0 Å². The number of nitrogens with two attached hydrogens (primary N) is 1. The van der Waals surface area contributed by atoms with Crippen LogP contribution in [0.1, 0.15) is 11.6 Å². The maximum atomic E-state index is 13.3. The van der Waals surface area contributed by atoms with E-state index in [0.29, 0.717) is 5.39 Å². The van der Waals surface area contributed by atoms with Gasteiger partial charge in [0.05, 0.1) is 0 Å². The first kappa shape index (κ1) is 11.9. The zero-order valence-corrected chi connectivity index (χ0v) is 8.63. The summed E-state index contributed by atoms with van der Waals surface area (Å²) in [6, 6.07) is 5.97. The molecule has 1 nitrogen and oxygen atoms in total. The van der Waals surface area contributed by atoms with Crippen LogP contribution in [0, 0.1) is 5.82 Å². The standard InChI is InChI=1S/C12H9F4N/c13-10-3-1-2-7-6-8(4-5-9(7)10)11(17)12(14,15)16/h1-6,11H,17H2/t11-/m0/s1. The molecule has 0 unspecified atom stereocenters. The van der Waals surface area contributed by atoms with Crippen molar-refractivity contribution in [3.05, 3.63) is 47.8 Å². The van der Waals surface area contributed by atoms with Gasteiger partial charge in [-0.25, -0.2) is 4.39 Å². The van der Waals surface area contributed by atoms with Gasteiger partial charge in [-0.3, -0.25) is 0 Å². The van der Waals surface area contributed by atoms with Crippen molar-refractivity contribution in [1.82, 2.24) is 0 Å². The van der Waals surface area contributed by atoms with Crippen LogP contribution in [0.2, 0.25) is 0 Å². The van der Waals surface area contributed by atoms with Crippen molar-refractivity contribution in [3.63, 3.8) is 0 Å². The number of hydrogen-bond donors (Lipinski definition) is 1. The quantitative estimate of drug-likeness (QED) is 0.761. The topological polar surface area (TPSA) is 26.0 Å². The molecule has 0 amide bonds. The van der Waals surface area contributed by atoms with Crippen molar-refractivity contribution >= 4 is 10.8 Å². The molecule has 0 heterocycles. The van der Waals surface area contributed by atoms with E-state index in [0.717, 1.165) is 0 Å². The molecule has 2 aromatic rings. The lowest BCUT2D eigenvalue weighted by atomic mass is 10.0. The summed E-state index contributed by atoms with van der Waals surface area (Å²) in [4.78, 5) is 0. The summed E-state index contributed by atoms with van der Waals surface area (Å²) in [6.45, 7) is 0. The van der Waals surface area contributed by atoms with Gasteiger partial charge in [0.25, 0.3) is 0 Å². The normalized spacial score (nSPS) is 13.9. The van der Waals surface area contributed by atoms with E-state index in [1.54, 1.807) is 6.07 Å². The molecule has 0 spiro atoms. The highest BCUT2D eigenvalue weighted by Crippen LogP contribution is 2.32. The summed E-state index contributed by atoms with van der Waals surface area (Å²) in [5.41, 5.74) is 5.01. The number of hydrogen-bond acceptors (Lipinski definition) is 1. The molecule has 1 atom stereocenters. The van der Waals surface area contributed by atoms with E-state index >= 15 is 0 Å². The summed E-state index contributed by atoms with van der Waals surface area (Å²) in [7, 11) is 0. The fraction of sp³-hybridized carbons (Fsp3) is 0.167. The predicted octanol–water partition coefficient (Wildman–Crippen LogP) is 3.54. The second-order valence-corrected chi connectivity index (χ2v) is 3.74. The van der Waals surface area contributed by atoms with E-state index in [2.05, 4.69) is 0 Å². The van der Waals surface area contributed by atoms with Gasteiger partial charge < -0.3 is 5.73 Å². The first-order valence-electron chi connectivity index (χ1n) is 4.90. The van der Waals surface area contributed by atoms with Crippen molar-refractivity contribution in [2.24, 2.45) is 5.73 Å². The van der Waals surface area contributed by atoms with Crippen molar-refractivity contribution in [2.45, 2.75) is 12.2 Å². The van der Waals surface area contributed by atoms with Crippen LogP contribution in [0.5, 0.6) is 0 Å². The summed E-state index contributed by atoms with van der Waals surface area (Å²) < 4.78 is 50.5. The molecule has 2 rings (SSSR count). The van der Waals surface area contributed by atoms with Crippen LogP contribution in [0.3, 0.4) is 0 Å². The molecule has 0 fully saturated rings. The highest BCUT2D eigenvalue weighted by molar-refractivity contribution is 5.83. The van der Waals surface area contributed by atoms with E-state index in [-0.39, 0.29) is 10.9 Å². The van der Waals surface area contributed by atoms with Gasteiger partial charge in [0.1, 0.15) is 11.9 Å². The summed E-state index contributed by atoms with van der Waals surface area (Å²) in [5, 5.41) is 0.688. The Morgan fingerprint density at radius 3 is 2.41 bits per heavy atom. The molecule has 0 aliphatic carbocycles. The fourth-order valence-corrected chi connectivity index (χ4v) is 1.65. The highest BCUT2D eigenvalue weighted by Gasteiger charge is 2.37. The second kappa shape index (κ2) is 4.00. The van der Waals surface area contributed by atoms with Crippen LogP contribution in [0.15, 0.2) is 36.4 Å². The first-order chi connectivity index (χ1) is 7.89. The Morgan fingerprint density at radius 2 is 1.76 bits per heavy atom. The van der Waals surface area contributed by atoms with Crippen molar-refractivity contribution in [2.75, 3.05) is 0 Å². The molecule has 0 aromatic heterocycles. The molecule has 0 aliphatic rings. The van der Waals surface area contributed by atoms with Crippen LogP contribution < -0.4 is 5.73 Å². The van der Waals surface area contributed by atoms with Crippen molar-refractivity contribution < 1.29 is 17.6 Å². The molecule has 0 saturated carbocycles. The summed E-state index contributed by atoms with van der Waals surface area (Å²) >= 11 is 0.